The Morgan fingerprint density at radius 1 is 1.32 bits per heavy atom. The topological polar surface area (TPSA) is 68.7 Å². The Kier molecular flexibility index (Phi) is 5.55. The van der Waals surface area contributed by atoms with E-state index in [1.54, 1.807) is 12.1 Å². The van der Waals surface area contributed by atoms with Gasteiger partial charge in [-0.05, 0) is 24.3 Å². The van der Waals surface area contributed by atoms with Gasteiger partial charge in [-0.1, -0.05) is 11.6 Å². The number of thioether (sulfide) groups is 1. The minimum absolute atomic E-state index is 0.169. The highest BCUT2D eigenvalue weighted by molar-refractivity contribution is 7.98. The molecule has 134 valence electrons. The molecule has 1 aliphatic heterocycles. The minimum Gasteiger partial charge on any atom is -0.467 e. The zero-order valence-corrected chi connectivity index (χ0v) is 16.1. The van der Waals surface area contributed by atoms with Crippen LogP contribution < -0.4 is 4.74 Å². The van der Waals surface area contributed by atoms with E-state index in [0.717, 1.165) is 26.2 Å². The van der Waals surface area contributed by atoms with Gasteiger partial charge in [-0.2, -0.15) is 0 Å². The molecule has 2 aromatic rings. The van der Waals surface area contributed by atoms with Gasteiger partial charge in [0.1, 0.15) is 10.6 Å². The molecule has 1 aliphatic rings. The molecule has 0 bridgehead atoms. The number of ether oxygens (including phenoxy) is 2. The van der Waals surface area contributed by atoms with Crippen molar-refractivity contribution in [1.82, 2.24) is 9.29 Å². The summed E-state index contributed by atoms with van der Waals surface area (Å²) in [4.78, 5) is 4.40. The van der Waals surface area contributed by atoms with Crippen LogP contribution in [-0.2, 0) is 27.1 Å². The number of aromatic nitrogens is 1. The molecule has 3 rings (SSSR count). The number of sulfonamides is 1. The van der Waals surface area contributed by atoms with Gasteiger partial charge in [0.15, 0.2) is 6.79 Å². The number of rotatable bonds is 5. The van der Waals surface area contributed by atoms with E-state index in [1.807, 2.05) is 12.1 Å². The molecule has 6 nitrogen and oxygen atoms in total. The lowest BCUT2D eigenvalue weighted by Gasteiger charge is -2.21. The van der Waals surface area contributed by atoms with Crippen LogP contribution in [0.5, 0.6) is 5.75 Å². The van der Waals surface area contributed by atoms with Gasteiger partial charge in [-0.3, -0.25) is 0 Å². The molecule has 25 heavy (non-hydrogen) atoms. The highest BCUT2D eigenvalue weighted by Gasteiger charge is 2.19. The van der Waals surface area contributed by atoms with Crippen molar-refractivity contribution in [3.63, 3.8) is 0 Å². The molecule has 0 radical (unpaired) electrons. The van der Waals surface area contributed by atoms with E-state index in [1.165, 1.54) is 32.1 Å². The molecule has 0 amide bonds. The van der Waals surface area contributed by atoms with Crippen LogP contribution in [0, 0.1) is 0 Å². The Balaban J connectivity index is 1.76. The normalized spacial score (nSPS) is 14.2. The summed E-state index contributed by atoms with van der Waals surface area (Å²) in [7, 11) is -0.488. The van der Waals surface area contributed by atoms with Crippen LogP contribution in [0.3, 0.4) is 0 Å². The zero-order chi connectivity index (χ0) is 18.0. The van der Waals surface area contributed by atoms with Crippen LogP contribution in [0.25, 0.3) is 0 Å². The van der Waals surface area contributed by atoms with E-state index < -0.39 is 10.0 Å². The fourth-order valence-electron chi connectivity index (χ4n) is 2.33. The lowest BCUT2D eigenvalue weighted by atomic mass is 10.1. The highest BCUT2D eigenvalue weighted by atomic mass is 35.5. The number of benzene rings is 1. The summed E-state index contributed by atoms with van der Waals surface area (Å²) in [5.41, 5.74) is 1.89. The smallest absolute Gasteiger partial charge is 0.244 e. The lowest BCUT2D eigenvalue weighted by Crippen LogP contribution is -2.22. The fourth-order valence-corrected chi connectivity index (χ4v) is 4.25. The summed E-state index contributed by atoms with van der Waals surface area (Å²) in [5.74, 6) is 1.41. The number of hydrogen-bond acceptors (Lipinski definition) is 6. The van der Waals surface area contributed by atoms with Crippen LogP contribution in [0.1, 0.15) is 11.1 Å². The molecule has 0 atom stereocenters. The summed E-state index contributed by atoms with van der Waals surface area (Å²) in [6.45, 7) is 0.699. The number of nitrogens with zero attached hydrogens (tertiary/aromatic N) is 2. The third kappa shape index (κ3) is 4.09. The van der Waals surface area contributed by atoms with Crippen molar-refractivity contribution in [2.75, 3.05) is 20.9 Å². The molecule has 9 heteroatoms. The van der Waals surface area contributed by atoms with Gasteiger partial charge in [0.05, 0.1) is 11.6 Å². The Labute approximate surface area is 156 Å². The Bertz CT molecular complexity index is 870. The molecule has 0 aliphatic carbocycles. The van der Waals surface area contributed by atoms with Crippen LogP contribution in [0.2, 0.25) is 5.02 Å². The van der Waals surface area contributed by atoms with Gasteiger partial charge in [-0.15, -0.1) is 11.8 Å². The monoisotopic (exact) mass is 400 g/mol. The van der Waals surface area contributed by atoms with Crippen LogP contribution in [0.15, 0.2) is 40.4 Å². The van der Waals surface area contributed by atoms with Crippen molar-refractivity contribution in [2.45, 2.75) is 22.3 Å². The van der Waals surface area contributed by atoms with Crippen molar-refractivity contribution in [3.05, 3.63) is 46.6 Å². The number of hydrogen-bond donors (Lipinski definition) is 0. The van der Waals surface area contributed by atoms with Crippen molar-refractivity contribution in [3.8, 4) is 5.75 Å². The van der Waals surface area contributed by atoms with Gasteiger partial charge >= 0.3 is 0 Å². The molecule has 0 N–H and O–H groups in total. The van der Waals surface area contributed by atoms with Crippen molar-refractivity contribution >= 4 is 33.4 Å². The molecule has 0 spiro atoms. The lowest BCUT2D eigenvalue weighted by molar-refractivity contribution is -0.0168. The second-order valence-corrected chi connectivity index (χ2v) is 9.16. The number of halogens is 1. The summed E-state index contributed by atoms with van der Waals surface area (Å²) in [6.07, 6.45) is 1.37. The van der Waals surface area contributed by atoms with Gasteiger partial charge in [0.25, 0.3) is 0 Å². The van der Waals surface area contributed by atoms with Gasteiger partial charge in [0, 0.05) is 42.2 Å². The Hall–Kier alpha value is -1.32. The van der Waals surface area contributed by atoms with Gasteiger partial charge in [0.2, 0.25) is 10.0 Å². The molecule has 0 saturated carbocycles. The second-order valence-electron chi connectivity index (χ2n) is 5.57. The van der Waals surface area contributed by atoms with E-state index in [2.05, 4.69) is 4.98 Å². The average molecular weight is 401 g/mol. The molecule has 0 saturated heterocycles. The first-order chi connectivity index (χ1) is 11.9. The first-order valence-electron chi connectivity index (χ1n) is 7.41. The maximum atomic E-state index is 12.1. The highest BCUT2D eigenvalue weighted by Crippen LogP contribution is 2.35. The standard InChI is InChI=1S/C16H17ClN2O4S2/c1-19(2)25(20,21)14-3-4-15(18-7-14)24-9-12-6-13(17)5-11-8-22-10-23-16(11)12/h3-7H,8-10H2,1-2H3. The Morgan fingerprint density at radius 2 is 2.12 bits per heavy atom. The quantitative estimate of drug-likeness (QED) is 0.718. The van der Waals surface area contributed by atoms with Crippen molar-refractivity contribution < 1.29 is 17.9 Å². The molecule has 1 aromatic heterocycles. The molecule has 2 heterocycles. The van der Waals surface area contributed by atoms with Gasteiger partial charge < -0.3 is 9.47 Å². The third-order valence-corrected chi connectivity index (χ3v) is 6.62. The molecular formula is C16H17ClN2O4S2. The molecular weight excluding hydrogens is 384 g/mol. The SMILES string of the molecule is CN(C)S(=O)(=O)c1ccc(SCc2cc(Cl)cc3c2OCOC3)nc1. The van der Waals surface area contributed by atoms with E-state index in [0.29, 0.717) is 17.4 Å². The summed E-state index contributed by atoms with van der Waals surface area (Å²) in [6, 6.07) is 6.96. The van der Waals surface area contributed by atoms with Crippen molar-refractivity contribution in [1.29, 1.82) is 0 Å². The van der Waals surface area contributed by atoms with E-state index >= 15 is 0 Å². The van der Waals surface area contributed by atoms with Crippen LogP contribution in [-0.4, -0.2) is 38.6 Å². The summed E-state index contributed by atoms with van der Waals surface area (Å²) >= 11 is 7.64. The molecule has 0 fully saturated rings. The number of fused-ring (bicyclic) bond motifs is 1. The zero-order valence-electron chi connectivity index (χ0n) is 13.7. The maximum Gasteiger partial charge on any atom is 0.244 e. The minimum atomic E-state index is -3.47. The predicted molar refractivity (Wildman–Crippen MR) is 96.4 cm³/mol. The Morgan fingerprint density at radius 3 is 2.80 bits per heavy atom. The first-order valence-corrected chi connectivity index (χ1v) is 10.2. The van der Waals surface area contributed by atoms with Crippen LogP contribution in [0.4, 0.5) is 0 Å². The maximum absolute atomic E-state index is 12.1. The molecule has 0 unspecified atom stereocenters. The van der Waals surface area contributed by atoms with E-state index in [9.17, 15) is 8.42 Å². The summed E-state index contributed by atoms with van der Waals surface area (Å²) in [5, 5.41) is 1.35. The second kappa shape index (κ2) is 7.51. The van der Waals surface area contributed by atoms with E-state index in [4.69, 9.17) is 21.1 Å². The van der Waals surface area contributed by atoms with Crippen molar-refractivity contribution in [2.24, 2.45) is 0 Å². The fraction of sp³-hybridized carbons (Fsp3) is 0.312. The third-order valence-electron chi connectivity index (χ3n) is 3.62. The van der Waals surface area contributed by atoms with E-state index in [-0.39, 0.29) is 11.7 Å². The predicted octanol–water partition coefficient (Wildman–Crippen LogP) is 3.14. The number of pyridine rings is 1. The first kappa shape index (κ1) is 18.5. The summed E-state index contributed by atoms with van der Waals surface area (Å²) < 4.78 is 36.1. The van der Waals surface area contributed by atoms with Gasteiger partial charge in [-0.25, -0.2) is 17.7 Å². The average Bonchev–Trinajstić information content (AvgIpc) is 2.59. The van der Waals surface area contributed by atoms with Crippen LogP contribution >= 0.6 is 23.4 Å². The largest absolute Gasteiger partial charge is 0.467 e. The molecule has 1 aromatic carbocycles.